The van der Waals surface area contributed by atoms with Crippen LogP contribution in [0, 0.1) is 5.92 Å². The summed E-state index contributed by atoms with van der Waals surface area (Å²) < 4.78 is 40.4. The molecule has 0 spiro atoms. The fourth-order valence-electron chi connectivity index (χ4n) is 2.54. The summed E-state index contributed by atoms with van der Waals surface area (Å²) in [7, 11) is 0. The van der Waals surface area contributed by atoms with Gasteiger partial charge in [0.05, 0.1) is 0 Å². The summed E-state index contributed by atoms with van der Waals surface area (Å²) in [5, 5.41) is 11.8. The maximum absolute atomic E-state index is 12.2. The Morgan fingerprint density at radius 3 is 2.91 bits per heavy atom. The molecule has 1 aromatic rings. The van der Waals surface area contributed by atoms with Gasteiger partial charge in [-0.2, -0.15) is 0 Å². The lowest BCUT2D eigenvalue weighted by molar-refractivity contribution is -0.274. The summed E-state index contributed by atoms with van der Waals surface area (Å²) in [6, 6.07) is 5.20. The molecule has 0 aromatic heterocycles. The fraction of sp³-hybridized carbons (Fsp3) is 0.533. The van der Waals surface area contributed by atoms with E-state index in [-0.39, 0.29) is 30.9 Å². The molecule has 1 aliphatic rings. The third-order valence-corrected chi connectivity index (χ3v) is 3.64. The van der Waals surface area contributed by atoms with E-state index >= 15 is 0 Å². The smallest absolute Gasteiger partial charge is 0.406 e. The average Bonchev–Trinajstić information content (AvgIpc) is 2.51. The number of nitrogens with zero attached hydrogens (tertiary/aromatic N) is 1. The summed E-state index contributed by atoms with van der Waals surface area (Å²) in [5.74, 6) is -0.236. The Labute approximate surface area is 132 Å². The number of hydrogen-bond donors (Lipinski definition) is 2. The molecule has 2 rings (SSSR count). The SMILES string of the molecule is O=C(NCc1cccc(OC(F)(F)F)c1)N1CCCC(CO)C1. The molecule has 0 aliphatic carbocycles. The minimum Gasteiger partial charge on any atom is -0.406 e. The number of rotatable bonds is 4. The molecule has 8 heteroatoms. The third kappa shape index (κ3) is 5.63. The van der Waals surface area contributed by atoms with Crippen LogP contribution in [0.3, 0.4) is 0 Å². The van der Waals surface area contributed by atoms with E-state index in [4.69, 9.17) is 5.11 Å². The maximum Gasteiger partial charge on any atom is 0.573 e. The standard InChI is InChI=1S/C15H19F3N2O3/c16-15(17,18)23-13-5-1-3-11(7-13)8-19-14(22)20-6-2-4-12(9-20)10-21/h1,3,5,7,12,21H,2,4,6,8-10H2,(H,19,22). The lowest BCUT2D eigenvalue weighted by atomic mass is 9.99. The van der Waals surface area contributed by atoms with Crippen molar-refractivity contribution in [3.63, 3.8) is 0 Å². The van der Waals surface area contributed by atoms with Crippen molar-refractivity contribution in [2.24, 2.45) is 5.92 Å². The minimum absolute atomic E-state index is 0.0423. The van der Waals surface area contributed by atoms with Gasteiger partial charge < -0.3 is 20.1 Å². The Kier molecular flexibility index (Phi) is 5.70. The highest BCUT2D eigenvalue weighted by Gasteiger charge is 2.31. The number of hydrogen-bond acceptors (Lipinski definition) is 3. The highest BCUT2D eigenvalue weighted by molar-refractivity contribution is 5.74. The number of nitrogens with one attached hydrogen (secondary N) is 1. The number of carbonyl (C=O) groups is 1. The van der Waals surface area contributed by atoms with Gasteiger partial charge in [0.2, 0.25) is 0 Å². The highest BCUT2D eigenvalue weighted by atomic mass is 19.4. The van der Waals surface area contributed by atoms with Gasteiger partial charge in [-0.05, 0) is 36.5 Å². The number of benzene rings is 1. The van der Waals surface area contributed by atoms with Gasteiger partial charge in [-0.3, -0.25) is 0 Å². The Morgan fingerprint density at radius 1 is 1.43 bits per heavy atom. The van der Waals surface area contributed by atoms with Crippen molar-refractivity contribution in [2.75, 3.05) is 19.7 Å². The fourth-order valence-corrected chi connectivity index (χ4v) is 2.54. The number of piperidine rings is 1. The molecule has 5 nitrogen and oxygen atoms in total. The predicted molar refractivity (Wildman–Crippen MR) is 76.7 cm³/mol. The molecule has 0 radical (unpaired) electrons. The number of halogens is 3. The van der Waals surface area contributed by atoms with Crippen molar-refractivity contribution in [1.82, 2.24) is 10.2 Å². The minimum atomic E-state index is -4.74. The predicted octanol–water partition coefficient (Wildman–Crippen LogP) is 2.50. The van der Waals surface area contributed by atoms with Gasteiger partial charge >= 0.3 is 12.4 Å². The summed E-state index contributed by atoms with van der Waals surface area (Å²) in [4.78, 5) is 13.7. The third-order valence-electron chi connectivity index (χ3n) is 3.64. The molecule has 2 N–H and O–H groups in total. The zero-order chi connectivity index (χ0) is 16.9. The molecule has 1 atom stereocenters. The number of ether oxygens (including phenoxy) is 1. The van der Waals surface area contributed by atoms with Crippen molar-refractivity contribution < 1.29 is 27.8 Å². The van der Waals surface area contributed by atoms with E-state index in [0.717, 1.165) is 12.8 Å². The Morgan fingerprint density at radius 2 is 2.22 bits per heavy atom. The van der Waals surface area contributed by atoms with Gasteiger partial charge in [-0.15, -0.1) is 13.2 Å². The van der Waals surface area contributed by atoms with E-state index in [9.17, 15) is 18.0 Å². The van der Waals surface area contributed by atoms with Gasteiger partial charge in [0, 0.05) is 26.2 Å². The molecule has 1 aromatic carbocycles. The van der Waals surface area contributed by atoms with Gasteiger partial charge in [-0.25, -0.2) is 4.79 Å². The first-order valence-corrected chi connectivity index (χ1v) is 7.35. The summed E-state index contributed by atoms with van der Waals surface area (Å²) in [6.45, 7) is 1.24. The van der Waals surface area contributed by atoms with Crippen LogP contribution in [0.4, 0.5) is 18.0 Å². The van der Waals surface area contributed by atoms with Crippen LogP contribution in [-0.2, 0) is 6.54 Å². The first-order chi connectivity index (χ1) is 10.9. The van der Waals surface area contributed by atoms with E-state index in [1.54, 1.807) is 11.0 Å². The number of aliphatic hydroxyl groups is 1. The number of carbonyl (C=O) groups excluding carboxylic acids is 1. The summed E-state index contributed by atoms with van der Waals surface area (Å²) in [5.41, 5.74) is 0.510. The number of aliphatic hydroxyl groups excluding tert-OH is 1. The van der Waals surface area contributed by atoms with Crippen LogP contribution in [0.25, 0.3) is 0 Å². The van der Waals surface area contributed by atoms with Gasteiger partial charge in [0.1, 0.15) is 5.75 Å². The second-order valence-electron chi connectivity index (χ2n) is 5.49. The molecule has 1 saturated heterocycles. The molecule has 1 fully saturated rings. The van der Waals surface area contributed by atoms with Gasteiger partial charge in [-0.1, -0.05) is 12.1 Å². The van der Waals surface area contributed by atoms with Crippen molar-refractivity contribution in [2.45, 2.75) is 25.7 Å². The molecule has 23 heavy (non-hydrogen) atoms. The van der Waals surface area contributed by atoms with Crippen LogP contribution < -0.4 is 10.1 Å². The molecule has 0 saturated carbocycles. The van der Waals surface area contributed by atoms with Gasteiger partial charge in [0.15, 0.2) is 0 Å². The van der Waals surface area contributed by atoms with Crippen LogP contribution in [0.15, 0.2) is 24.3 Å². The second-order valence-corrected chi connectivity index (χ2v) is 5.49. The lowest BCUT2D eigenvalue weighted by Crippen LogP contribution is -2.45. The summed E-state index contributed by atoms with van der Waals surface area (Å²) >= 11 is 0. The zero-order valence-corrected chi connectivity index (χ0v) is 12.5. The zero-order valence-electron chi connectivity index (χ0n) is 12.5. The lowest BCUT2D eigenvalue weighted by Gasteiger charge is -2.31. The van der Waals surface area contributed by atoms with Crippen molar-refractivity contribution >= 4 is 6.03 Å². The Bertz CT molecular complexity index is 537. The molecule has 2 amide bonds. The molecule has 1 unspecified atom stereocenters. The molecule has 1 aliphatic heterocycles. The van der Waals surface area contributed by atoms with Crippen molar-refractivity contribution in [1.29, 1.82) is 0 Å². The number of amides is 2. The normalized spacial score (nSPS) is 18.6. The molecule has 128 valence electrons. The van der Waals surface area contributed by atoms with E-state index < -0.39 is 6.36 Å². The average molecular weight is 332 g/mol. The molecular weight excluding hydrogens is 313 g/mol. The number of alkyl halides is 3. The van der Waals surface area contributed by atoms with Crippen molar-refractivity contribution in [3.8, 4) is 5.75 Å². The Hall–Kier alpha value is -1.96. The van der Waals surface area contributed by atoms with Crippen LogP contribution in [0.5, 0.6) is 5.75 Å². The quantitative estimate of drug-likeness (QED) is 0.890. The van der Waals surface area contributed by atoms with Crippen LogP contribution in [0.1, 0.15) is 18.4 Å². The van der Waals surface area contributed by atoms with Crippen LogP contribution in [0.2, 0.25) is 0 Å². The second kappa shape index (κ2) is 7.54. The first-order valence-electron chi connectivity index (χ1n) is 7.35. The number of urea groups is 1. The highest BCUT2D eigenvalue weighted by Crippen LogP contribution is 2.23. The van der Waals surface area contributed by atoms with E-state index in [2.05, 4.69) is 10.1 Å². The molecular formula is C15H19F3N2O3. The van der Waals surface area contributed by atoms with Crippen LogP contribution >= 0.6 is 0 Å². The monoisotopic (exact) mass is 332 g/mol. The van der Waals surface area contributed by atoms with Gasteiger partial charge in [0.25, 0.3) is 0 Å². The first kappa shape index (κ1) is 17.4. The number of likely N-dealkylation sites (tertiary alicyclic amines) is 1. The van der Waals surface area contributed by atoms with Crippen molar-refractivity contribution in [3.05, 3.63) is 29.8 Å². The van der Waals surface area contributed by atoms with E-state index in [1.807, 2.05) is 0 Å². The van der Waals surface area contributed by atoms with E-state index in [0.29, 0.717) is 18.7 Å². The van der Waals surface area contributed by atoms with Crippen LogP contribution in [-0.4, -0.2) is 42.1 Å². The molecule has 1 heterocycles. The molecule has 0 bridgehead atoms. The maximum atomic E-state index is 12.2. The largest absolute Gasteiger partial charge is 0.573 e. The topological polar surface area (TPSA) is 61.8 Å². The van der Waals surface area contributed by atoms with E-state index in [1.165, 1.54) is 18.2 Å². The summed E-state index contributed by atoms with van der Waals surface area (Å²) in [6.07, 6.45) is -3.03. The Balaban J connectivity index is 1.88.